The largest absolute Gasteiger partial charge is 0.282 e. The Bertz CT molecular complexity index is 1470. The second-order valence-corrected chi connectivity index (χ2v) is 9.33. The van der Waals surface area contributed by atoms with E-state index in [0.717, 1.165) is 22.4 Å². The molecule has 8 nitrogen and oxygen atoms in total. The van der Waals surface area contributed by atoms with Crippen LogP contribution in [0, 0.1) is 13.8 Å². The van der Waals surface area contributed by atoms with Crippen molar-refractivity contribution in [1.82, 2.24) is 34.8 Å². The maximum absolute atomic E-state index is 13.6. The molecule has 1 aromatic carbocycles. The first-order chi connectivity index (χ1) is 15.0. The predicted octanol–water partition coefficient (Wildman–Crippen LogP) is 3.67. The number of fused-ring (bicyclic) bond motifs is 2. The third-order valence-electron chi connectivity index (χ3n) is 5.14. The molecule has 156 valence electrons. The van der Waals surface area contributed by atoms with Gasteiger partial charge in [0.05, 0.1) is 11.9 Å². The van der Waals surface area contributed by atoms with E-state index >= 15 is 0 Å². The van der Waals surface area contributed by atoms with Gasteiger partial charge in [-0.15, -0.1) is 26.2 Å². The lowest BCUT2D eigenvalue weighted by atomic mass is 10.1. The average Bonchev–Trinajstić information content (AvgIpc) is 3.36. The van der Waals surface area contributed by atoms with Crippen LogP contribution in [0.4, 0.5) is 0 Å². The molecule has 0 aliphatic carbocycles. The van der Waals surface area contributed by atoms with E-state index in [2.05, 4.69) is 39.7 Å². The summed E-state index contributed by atoms with van der Waals surface area (Å²) in [7, 11) is 0. The summed E-state index contributed by atoms with van der Waals surface area (Å²) >= 11 is 2.93. The van der Waals surface area contributed by atoms with Crippen LogP contribution in [0.1, 0.15) is 28.5 Å². The lowest BCUT2D eigenvalue weighted by molar-refractivity contribution is 0.655. The fraction of sp³-hybridized carbons (Fsp3) is 0.238. The van der Waals surface area contributed by atoms with Gasteiger partial charge in [0.25, 0.3) is 5.56 Å². The number of aromatic nitrogens is 7. The number of rotatable bonds is 5. The Morgan fingerprint density at radius 3 is 2.68 bits per heavy atom. The van der Waals surface area contributed by atoms with E-state index in [1.165, 1.54) is 26.8 Å². The Kier molecular flexibility index (Phi) is 5.03. The SMILES string of the molecule is CCc1sc2nc(Sc3ccc4nnnn4n3)n(Cc3ccc(C)cc3)c(=O)c2c1C. The number of aryl methyl sites for hydroxylation is 3. The van der Waals surface area contributed by atoms with E-state index in [0.29, 0.717) is 27.8 Å². The quantitative estimate of drug-likeness (QED) is 0.378. The fourth-order valence-electron chi connectivity index (χ4n) is 3.46. The lowest BCUT2D eigenvalue weighted by Crippen LogP contribution is -2.24. The topological polar surface area (TPSA) is 90.9 Å². The molecule has 0 fully saturated rings. The van der Waals surface area contributed by atoms with E-state index in [9.17, 15) is 4.79 Å². The van der Waals surface area contributed by atoms with Gasteiger partial charge in [0.2, 0.25) is 0 Å². The molecule has 0 atom stereocenters. The standard InChI is InChI=1S/C21H19N7OS2/c1-4-15-13(3)18-19(30-15)22-21(31-17-10-9-16-23-25-26-28(16)24-17)27(20(18)29)11-14-7-5-12(2)6-8-14/h5-10H,4,11H2,1-3H3. The second-order valence-electron chi connectivity index (χ2n) is 7.26. The Labute approximate surface area is 185 Å². The minimum atomic E-state index is -0.0231. The minimum Gasteiger partial charge on any atom is -0.282 e. The Morgan fingerprint density at radius 1 is 1.10 bits per heavy atom. The van der Waals surface area contributed by atoms with E-state index < -0.39 is 0 Å². The van der Waals surface area contributed by atoms with E-state index in [1.807, 2.05) is 32.0 Å². The zero-order valence-corrected chi connectivity index (χ0v) is 18.9. The van der Waals surface area contributed by atoms with Gasteiger partial charge in [-0.2, -0.15) is 0 Å². The first kappa shape index (κ1) is 19.8. The molecule has 0 N–H and O–H groups in total. The first-order valence-corrected chi connectivity index (χ1v) is 11.5. The van der Waals surface area contributed by atoms with Crippen LogP contribution in [0.5, 0.6) is 0 Å². The van der Waals surface area contributed by atoms with Crippen molar-refractivity contribution in [2.75, 3.05) is 0 Å². The van der Waals surface area contributed by atoms with Gasteiger partial charge in [-0.05, 0) is 65.7 Å². The van der Waals surface area contributed by atoms with Gasteiger partial charge in [-0.1, -0.05) is 36.8 Å². The van der Waals surface area contributed by atoms with E-state index in [-0.39, 0.29) is 5.56 Å². The summed E-state index contributed by atoms with van der Waals surface area (Å²) in [6.45, 7) is 6.60. The molecule has 0 bridgehead atoms. The summed E-state index contributed by atoms with van der Waals surface area (Å²) in [5.41, 5.74) is 3.79. The molecule has 0 spiro atoms. The molecule has 0 unspecified atom stereocenters. The lowest BCUT2D eigenvalue weighted by Gasteiger charge is -2.12. The summed E-state index contributed by atoms with van der Waals surface area (Å²) in [6.07, 6.45) is 0.879. The highest BCUT2D eigenvalue weighted by Gasteiger charge is 2.19. The summed E-state index contributed by atoms with van der Waals surface area (Å²) in [6, 6.07) is 11.8. The zero-order valence-electron chi connectivity index (χ0n) is 17.2. The van der Waals surface area contributed by atoms with Gasteiger partial charge in [0.1, 0.15) is 9.86 Å². The summed E-state index contributed by atoms with van der Waals surface area (Å²) < 4.78 is 3.11. The van der Waals surface area contributed by atoms with Crippen molar-refractivity contribution < 1.29 is 0 Å². The number of hydrogen-bond acceptors (Lipinski definition) is 8. The van der Waals surface area contributed by atoms with Crippen molar-refractivity contribution >= 4 is 39.0 Å². The van der Waals surface area contributed by atoms with Crippen LogP contribution < -0.4 is 5.56 Å². The maximum atomic E-state index is 13.6. The molecule has 31 heavy (non-hydrogen) atoms. The summed E-state index contributed by atoms with van der Waals surface area (Å²) in [5, 5.41) is 17.8. The molecule has 0 aliphatic rings. The van der Waals surface area contributed by atoms with Gasteiger partial charge in [-0.25, -0.2) is 4.98 Å². The Balaban J connectivity index is 1.66. The average molecular weight is 450 g/mol. The normalized spacial score (nSPS) is 11.6. The van der Waals surface area contributed by atoms with Crippen LogP contribution in [-0.2, 0) is 13.0 Å². The molecule has 4 aromatic heterocycles. The van der Waals surface area contributed by atoms with Crippen molar-refractivity contribution in [2.45, 2.75) is 43.9 Å². The van der Waals surface area contributed by atoms with E-state index in [1.54, 1.807) is 22.0 Å². The van der Waals surface area contributed by atoms with Gasteiger partial charge < -0.3 is 0 Å². The van der Waals surface area contributed by atoms with Crippen molar-refractivity contribution in [3.63, 3.8) is 0 Å². The van der Waals surface area contributed by atoms with Crippen molar-refractivity contribution in [2.24, 2.45) is 0 Å². The van der Waals surface area contributed by atoms with Crippen LogP contribution in [0.25, 0.3) is 15.9 Å². The van der Waals surface area contributed by atoms with Crippen LogP contribution in [0.2, 0.25) is 0 Å². The van der Waals surface area contributed by atoms with Gasteiger partial charge in [0, 0.05) is 4.88 Å². The molecule has 0 aliphatic heterocycles. The molecule has 0 saturated heterocycles. The van der Waals surface area contributed by atoms with Crippen LogP contribution in [-0.4, -0.2) is 34.8 Å². The molecular weight excluding hydrogens is 430 g/mol. The van der Waals surface area contributed by atoms with Crippen LogP contribution in [0.3, 0.4) is 0 Å². The van der Waals surface area contributed by atoms with Gasteiger partial charge in [0.15, 0.2) is 10.8 Å². The molecule has 4 heterocycles. The predicted molar refractivity (Wildman–Crippen MR) is 121 cm³/mol. The molecule has 0 radical (unpaired) electrons. The van der Waals surface area contributed by atoms with Gasteiger partial charge >= 0.3 is 0 Å². The third kappa shape index (κ3) is 3.61. The van der Waals surface area contributed by atoms with Gasteiger partial charge in [-0.3, -0.25) is 9.36 Å². The molecular formula is C21H19N7OS2. The van der Waals surface area contributed by atoms with E-state index in [4.69, 9.17) is 4.98 Å². The van der Waals surface area contributed by atoms with Crippen molar-refractivity contribution in [3.05, 3.63) is 68.3 Å². The zero-order chi connectivity index (χ0) is 21.5. The molecule has 10 heteroatoms. The maximum Gasteiger partial charge on any atom is 0.263 e. The summed E-state index contributed by atoms with van der Waals surface area (Å²) in [4.78, 5) is 20.4. The van der Waals surface area contributed by atoms with Crippen LogP contribution >= 0.6 is 23.1 Å². The molecule has 0 amide bonds. The van der Waals surface area contributed by atoms with Crippen molar-refractivity contribution in [1.29, 1.82) is 0 Å². The Morgan fingerprint density at radius 2 is 1.90 bits per heavy atom. The smallest absolute Gasteiger partial charge is 0.263 e. The Hall–Kier alpha value is -3.11. The highest BCUT2D eigenvalue weighted by atomic mass is 32.2. The third-order valence-corrected chi connectivity index (χ3v) is 7.39. The fourth-order valence-corrected chi connectivity index (χ4v) is 5.46. The minimum absolute atomic E-state index is 0.0231. The number of thiophene rings is 1. The monoisotopic (exact) mass is 449 g/mol. The number of tetrazole rings is 1. The number of hydrogen-bond donors (Lipinski definition) is 0. The van der Waals surface area contributed by atoms with Crippen LogP contribution in [0.15, 0.2) is 51.4 Å². The summed E-state index contributed by atoms with van der Waals surface area (Å²) in [5.74, 6) is 0. The molecule has 5 rings (SSSR count). The highest BCUT2D eigenvalue weighted by molar-refractivity contribution is 7.99. The van der Waals surface area contributed by atoms with Crippen molar-refractivity contribution in [3.8, 4) is 0 Å². The molecule has 0 saturated carbocycles. The first-order valence-electron chi connectivity index (χ1n) is 9.85. The highest BCUT2D eigenvalue weighted by Crippen LogP contribution is 2.31. The second kappa shape index (κ2) is 7.86. The number of nitrogens with zero attached hydrogens (tertiary/aromatic N) is 7. The molecule has 5 aromatic rings. The number of benzene rings is 1.